The Bertz CT molecular complexity index is 1550. The fourth-order valence-corrected chi connectivity index (χ4v) is 4.96. The van der Waals surface area contributed by atoms with Crippen molar-refractivity contribution in [1.82, 2.24) is 34.9 Å². The number of hydrogen-bond acceptors (Lipinski definition) is 6. The van der Waals surface area contributed by atoms with Gasteiger partial charge in [-0.3, -0.25) is 14.6 Å². The molecule has 3 heterocycles. The molecular weight excluding hydrogens is 454 g/mol. The molecule has 0 bridgehead atoms. The minimum Gasteiger partial charge on any atom is -0.341 e. The number of carbonyl (C=O) groups excluding carboxylic acids is 1. The van der Waals surface area contributed by atoms with E-state index in [1.807, 2.05) is 30.7 Å². The summed E-state index contributed by atoms with van der Waals surface area (Å²) in [7, 11) is 4.31. The van der Waals surface area contributed by atoms with Gasteiger partial charge in [0.25, 0.3) is 11.5 Å². The van der Waals surface area contributed by atoms with Gasteiger partial charge in [0.2, 0.25) is 0 Å². The molecule has 1 aliphatic rings. The number of nitrogens with zero attached hydrogens (tertiary/aromatic N) is 5. The van der Waals surface area contributed by atoms with Crippen LogP contribution in [0.15, 0.2) is 41.6 Å². The number of fused-ring (bicyclic) bond motifs is 3. The lowest BCUT2D eigenvalue weighted by Gasteiger charge is -2.33. The molecule has 0 saturated heterocycles. The number of aryl methyl sites for hydroxylation is 1. The van der Waals surface area contributed by atoms with Crippen molar-refractivity contribution < 1.29 is 4.79 Å². The molecule has 0 atom stereocenters. The van der Waals surface area contributed by atoms with Crippen LogP contribution in [0.25, 0.3) is 21.9 Å². The standard InChI is InChI=1S/C27H29N7O2/c1-17-13-22(27(36)32-31-17)26(35)28-12-4-5-18-6-11-23-21(14-18)25-24(15-29-23)30-16-34(25)20-9-7-19(8-10-20)33(2)3/h6,11,13-16,19-20H,7-10,12H2,1-3H3,(H,28,35)(H,32,36). The summed E-state index contributed by atoms with van der Waals surface area (Å²) in [5.41, 5.74) is 3.77. The van der Waals surface area contributed by atoms with Crippen molar-refractivity contribution in [2.24, 2.45) is 0 Å². The number of carbonyl (C=O) groups is 1. The minimum atomic E-state index is -0.524. The first-order valence-corrected chi connectivity index (χ1v) is 12.2. The van der Waals surface area contributed by atoms with E-state index >= 15 is 0 Å². The Morgan fingerprint density at radius 2 is 1.97 bits per heavy atom. The highest BCUT2D eigenvalue weighted by atomic mass is 16.2. The fraction of sp³-hybridized carbons (Fsp3) is 0.370. The lowest BCUT2D eigenvalue weighted by atomic mass is 9.90. The predicted octanol–water partition coefficient (Wildman–Crippen LogP) is 2.80. The SMILES string of the molecule is Cc1cc(C(=O)NCC#Cc2ccc3ncc4ncn(C5CCC(N(C)C)CC5)c4c3c2)c(=O)[nH]n1. The summed E-state index contributed by atoms with van der Waals surface area (Å²) in [6.07, 6.45) is 8.38. The van der Waals surface area contributed by atoms with Crippen LogP contribution in [0.4, 0.5) is 0 Å². The van der Waals surface area contributed by atoms with E-state index in [0.717, 1.165) is 40.3 Å². The van der Waals surface area contributed by atoms with Gasteiger partial charge in [0.15, 0.2) is 0 Å². The van der Waals surface area contributed by atoms with Gasteiger partial charge in [-0.2, -0.15) is 5.10 Å². The molecule has 1 amide bonds. The summed E-state index contributed by atoms with van der Waals surface area (Å²) >= 11 is 0. The van der Waals surface area contributed by atoms with Gasteiger partial charge in [0.05, 0.1) is 35.8 Å². The molecule has 1 aromatic carbocycles. The van der Waals surface area contributed by atoms with Crippen LogP contribution in [0, 0.1) is 18.8 Å². The Morgan fingerprint density at radius 1 is 1.17 bits per heavy atom. The van der Waals surface area contributed by atoms with Crippen LogP contribution >= 0.6 is 0 Å². The second-order valence-corrected chi connectivity index (χ2v) is 9.54. The van der Waals surface area contributed by atoms with Crippen LogP contribution in [-0.4, -0.2) is 62.2 Å². The molecule has 1 aliphatic carbocycles. The molecule has 9 nitrogen and oxygen atoms in total. The largest absolute Gasteiger partial charge is 0.341 e. The first-order valence-electron chi connectivity index (χ1n) is 12.2. The summed E-state index contributed by atoms with van der Waals surface area (Å²) in [5.74, 6) is 5.62. The van der Waals surface area contributed by atoms with E-state index in [0.29, 0.717) is 17.8 Å². The maximum atomic E-state index is 12.3. The highest BCUT2D eigenvalue weighted by Crippen LogP contribution is 2.34. The van der Waals surface area contributed by atoms with Gasteiger partial charge in [-0.15, -0.1) is 0 Å². The molecule has 0 radical (unpaired) electrons. The third kappa shape index (κ3) is 4.72. The fourth-order valence-electron chi connectivity index (χ4n) is 4.96. The number of amides is 1. The molecule has 184 valence electrons. The zero-order valence-corrected chi connectivity index (χ0v) is 20.7. The third-order valence-corrected chi connectivity index (χ3v) is 6.94. The summed E-state index contributed by atoms with van der Waals surface area (Å²) in [5, 5.41) is 9.80. The molecule has 36 heavy (non-hydrogen) atoms. The number of nitrogens with one attached hydrogen (secondary N) is 2. The van der Waals surface area contributed by atoms with Gasteiger partial charge in [-0.05, 0) is 71.0 Å². The van der Waals surface area contributed by atoms with Crippen molar-refractivity contribution >= 4 is 27.8 Å². The van der Waals surface area contributed by atoms with Crippen molar-refractivity contribution in [3.8, 4) is 11.8 Å². The predicted molar refractivity (Wildman–Crippen MR) is 139 cm³/mol. The number of rotatable bonds is 4. The van der Waals surface area contributed by atoms with E-state index in [4.69, 9.17) is 0 Å². The van der Waals surface area contributed by atoms with Crippen molar-refractivity contribution in [2.45, 2.75) is 44.7 Å². The van der Waals surface area contributed by atoms with Crippen LogP contribution in [0.2, 0.25) is 0 Å². The van der Waals surface area contributed by atoms with Crippen molar-refractivity contribution in [1.29, 1.82) is 0 Å². The number of hydrogen-bond donors (Lipinski definition) is 2. The van der Waals surface area contributed by atoms with E-state index < -0.39 is 11.5 Å². The van der Waals surface area contributed by atoms with E-state index in [1.54, 1.807) is 6.92 Å². The smallest absolute Gasteiger partial charge is 0.277 e. The van der Waals surface area contributed by atoms with Crippen LogP contribution < -0.4 is 10.9 Å². The normalized spacial score (nSPS) is 17.8. The maximum absolute atomic E-state index is 12.3. The number of benzene rings is 1. The number of imidazole rings is 1. The van der Waals surface area contributed by atoms with Gasteiger partial charge in [-0.25, -0.2) is 10.1 Å². The summed E-state index contributed by atoms with van der Waals surface area (Å²) in [6, 6.07) is 8.45. The van der Waals surface area contributed by atoms with Crippen LogP contribution in [0.3, 0.4) is 0 Å². The minimum absolute atomic E-state index is 0.0244. The van der Waals surface area contributed by atoms with E-state index in [-0.39, 0.29) is 12.1 Å². The van der Waals surface area contributed by atoms with E-state index in [1.165, 1.54) is 18.9 Å². The average Bonchev–Trinajstić information content (AvgIpc) is 3.32. The number of aromatic nitrogens is 5. The molecule has 1 fully saturated rings. The van der Waals surface area contributed by atoms with Gasteiger partial charge in [0, 0.05) is 23.0 Å². The van der Waals surface area contributed by atoms with Crippen molar-refractivity contribution in [3.63, 3.8) is 0 Å². The Hall–Kier alpha value is -4.03. The van der Waals surface area contributed by atoms with E-state index in [2.05, 4.69) is 60.9 Å². The molecule has 3 aromatic heterocycles. The van der Waals surface area contributed by atoms with Gasteiger partial charge in [-0.1, -0.05) is 11.8 Å². The average molecular weight is 484 g/mol. The zero-order valence-electron chi connectivity index (χ0n) is 20.7. The van der Waals surface area contributed by atoms with E-state index in [9.17, 15) is 9.59 Å². The first kappa shape index (κ1) is 23.7. The van der Waals surface area contributed by atoms with Crippen LogP contribution in [-0.2, 0) is 0 Å². The second-order valence-electron chi connectivity index (χ2n) is 9.54. The van der Waals surface area contributed by atoms with Gasteiger partial charge >= 0.3 is 0 Å². The molecule has 2 N–H and O–H groups in total. The Kier molecular flexibility index (Phi) is 6.53. The number of H-pyrrole nitrogens is 1. The second kappa shape index (κ2) is 9.91. The highest BCUT2D eigenvalue weighted by molar-refractivity contribution is 6.02. The Morgan fingerprint density at radius 3 is 2.75 bits per heavy atom. The zero-order chi connectivity index (χ0) is 25.2. The summed E-state index contributed by atoms with van der Waals surface area (Å²) < 4.78 is 2.32. The number of aromatic amines is 1. The molecule has 1 saturated carbocycles. The highest BCUT2D eigenvalue weighted by Gasteiger charge is 2.25. The Labute approximate surface area is 208 Å². The monoisotopic (exact) mass is 483 g/mol. The van der Waals surface area contributed by atoms with Crippen LogP contribution in [0.1, 0.15) is 53.3 Å². The van der Waals surface area contributed by atoms with Crippen molar-refractivity contribution in [2.75, 3.05) is 20.6 Å². The lowest BCUT2D eigenvalue weighted by Crippen LogP contribution is -2.32. The summed E-state index contributed by atoms with van der Waals surface area (Å²) in [4.78, 5) is 35.7. The molecular formula is C27H29N7O2. The topological polar surface area (TPSA) is 109 Å². The number of pyridine rings is 1. The third-order valence-electron chi connectivity index (χ3n) is 6.94. The maximum Gasteiger partial charge on any atom is 0.277 e. The molecule has 0 unspecified atom stereocenters. The first-order chi connectivity index (χ1) is 17.4. The van der Waals surface area contributed by atoms with Crippen LogP contribution in [0.5, 0.6) is 0 Å². The van der Waals surface area contributed by atoms with Gasteiger partial charge < -0.3 is 14.8 Å². The van der Waals surface area contributed by atoms with Crippen molar-refractivity contribution in [3.05, 3.63) is 64.0 Å². The molecule has 4 aromatic rings. The quantitative estimate of drug-likeness (QED) is 0.432. The molecule has 0 spiro atoms. The van der Waals surface area contributed by atoms with Gasteiger partial charge in [0.1, 0.15) is 11.1 Å². The lowest BCUT2D eigenvalue weighted by molar-refractivity contribution is 0.0957. The molecule has 0 aliphatic heterocycles. The summed E-state index contributed by atoms with van der Waals surface area (Å²) in [6.45, 7) is 1.83. The molecule has 9 heteroatoms. The Balaban J connectivity index is 1.37. The molecule has 5 rings (SSSR count).